The summed E-state index contributed by atoms with van der Waals surface area (Å²) < 4.78 is 6.32. The molecule has 1 fully saturated rings. The highest BCUT2D eigenvalue weighted by molar-refractivity contribution is 9.10. The molecule has 21 heavy (non-hydrogen) atoms. The van der Waals surface area contributed by atoms with Crippen LogP contribution in [0, 0.1) is 0 Å². The number of rotatable bonds is 7. The van der Waals surface area contributed by atoms with Crippen LogP contribution in [-0.2, 0) is 4.74 Å². The van der Waals surface area contributed by atoms with Gasteiger partial charge in [-0.25, -0.2) is 4.98 Å². The SMILES string of the molecule is CCCNc1ncc(Br)cc1C(=O)NCC1(OC)CCC1. The summed E-state index contributed by atoms with van der Waals surface area (Å²) in [6.45, 7) is 3.41. The standard InChI is InChI=1S/C15H22BrN3O2/c1-3-7-17-13-12(8-11(16)9-18-13)14(20)19-10-15(21-2)5-4-6-15/h8-9H,3-7,10H2,1-2H3,(H,17,18)(H,19,20). The Balaban J connectivity index is 2.05. The molecule has 0 aliphatic heterocycles. The molecular formula is C15H22BrN3O2. The van der Waals surface area contributed by atoms with Gasteiger partial charge in [0.1, 0.15) is 5.82 Å². The van der Waals surface area contributed by atoms with Crippen molar-refractivity contribution in [2.45, 2.75) is 38.2 Å². The van der Waals surface area contributed by atoms with Gasteiger partial charge < -0.3 is 15.4 Å². The van der Waals surface area contributed by atoms with Crippen molar-refractivity contribution in [2.75, 3.05) is 25.5 Å². The Hall–Kier alpha value is -1.14. The van der Waals surface area contributed by atoms with Crippen LogP contribution in [0.15, 0.2) is 16.7 Å². The second-order valence-electron chi connectivity index (χ2n) is 5.40. The molecule has 0 spiro atoms. The number of anilines is 1. The van der Waals surface area contributed by atoms with E-state index in [9.17, 15) is 4.79 Å². The smallest absolute Gasteiger partial charge is 0.255 e. The van der Waals surface area contributed by atoms with E-state index in [0.717, 1.165) is 36.7 Å². The first-order valence-corrected chi connectivity index (χ1v) is 8.12. The van der Waals surface area contributed by atoms with Crippen molar-refractivity contribution in [3.8, 4) is 0 Å². The van der Waals surface area contributed by atoms with E-state index in [-0.39, 0.29) is 11.5 Å². The van der Waals surface area contributed by atoms with Crippen LogP contribution in [0.2, 0.25) is 0 Å². The Labute approximate surface area is 134 Å². The van der Waals surface area contributed by atoms with Gasteiger partial charge in [-0.1, -0.05) is 6.92 Å². The van der Waals surface area contributed by atoms with Gasteiger partial charge in [0.05, 0.1) is 11.2 Å². The van der Waals surface area contributed by atoms with Crippen LogP contribution in [0.3, 0.4) is 0 Å². The number of hydrogen-bond donors (Lipinski definition) is 2. The molecule has 1 saturated carbocycles. The van der Waals surface area contributed by atoms with Crippen LogP contribution in [0.5, 0.6) is 0 Å². The summed E-state index contributed by atoms with van der Waals surface area (Å²) in [6.07, 6.45) is 5.83. The second-order valence-corrected chi connectivity index (χ2v) is 6.32. The van der Waals surface area contributed by atoms with E-state index in [4.69, 9.17) is 4.74 Å². The molecule has 0 unspecified atom stereocenters. The molecule has 1 aromatic heterocycles. The number of aromatic nitrogens is 1. The predicted octanol–water partition coefficient (Wildman–Crippen LogP) is 2.96. The van der Waals surface area contributed by atoms with Gasteiger partial charge in [-0.15, -0.1) is 0 Å². The number of hydrogen-bond acceptors (Lipinski definition) is 4. The van der Waals surface area contributed by atoms with Crippen LogP contribution < -0.4 is 10.6 Å². The van der Waals surface area contributed by atoms with Crippen LogP contribution in [0.25, 0.3) is 0 Å². The van der Waals surface area contributed by atoms with Crippen LogP contribution in [0.4, 0.5) is 5.82 Å². The average molecular weight is 356 g/mol. The summed E-state index contributed by atoms with van der Waals surface area (Å²) >= 11 is 3.37. The molecule has 2 rings (SSSR count). The molecule has 0 atom stereocenters. The van der Waals surface area contributed by atoms with Crippen molar-refractivity contribution in [1.82, 2.24) is 10.3 Å². The number of pyridine rings is 1. The van der Waals surface area contributed by atoms with E-state index in [2.05, 4.69) is 38.5 Å². The summed E-state index contributed by atoms with van der Waals surface area (Å²) in [5, 5.41) is 6.16. The van der Waals surface area contributed by atoms with Crippen molar-refractivity contribution in [1.29, 1.82) is 0 Å². The van der Waals surface area contributed by atoms with E-state index in [0.29, 0.717) is 17.9 Å². The molecule has 0 saturated heterocycles. The maximum absolute atomic E-state index is 12.4. The molecular weight excluding hydrogens is 334 g/mol. The summed E-state index contributed by atoms with van der Waals surface area (Å²) in [4.78, 5) is 16.7. The number of halogens is 1. The molecule has 116 valence electrons. The number of methoxy groups -OCH3 is 1. The van der Waals surface area contributed by atoms with Gasteiger partial charge in [-0.05, 0) is 47.7 Å². The Bertz CT molecular complexity index is 498. The van der Waals surface area contributed by atoms with Gasteiger partial charge in [0.2, 0.25) is 0 Å². The Morgan fingerprint density at radius 1 is 1.52 bits per heavy atom. The minimum atomic E-state index is -0.174. The highest BCUT2D eigenvalue weighted by Gasteiger charge is 2.37. The second kappa shape index (κ2) is 7.22. The minimum Gasteiger partial charge on any atom is -0.376 e. The van der Waals surface area contributed by atoms with Crippen molar-refractivity contribution in [3.63, 3.8) is 0 Å². The highest BCUT2D eigenvalue weighted by atomic mass is 79.9. The number of carbonyl (C=O) groups is 1. The molecule has 1 aromatic rings. The predicted molar refractivity (Wildman–Crippen MR) is 86.6 cm³/mol. The number of amides is 1. The molecule has 0 aromatic carbocycles. The zero-order valence-electron chi connectivity index (χ0n) is 12.5. The highest BCUT2D eigenvalue weighted by Crippen LogP contribution is 2.34. The zero-order valence-corrected chi connectivity index (χ0v) is 14.1. The Kier molecular flexibility index (Phi) is 5.58. The zero-order chi connectivity index (χ0) is 15.3. The molecule has 5 nitrogen and oxygen atoms in total. The summed E-state index contributed by atoms with van der Waals surface area (Å²) in [7, 11) is 1.71. The number of ether oxygens (including phenoxy) is 1. The molecule has 0 radical (unpaired) electrons. The maximum Gasteiger partial charge on any atom is 0.255 e. The summed E-state index contributed by atoms with van der Waals surface area (Å²) in [5.74, 6) is 0.503. The van der Waals surface area contributed by atoms with E-state index in [1.54, 1.807) is 19.4 Å². The van der Waals surface area contributed by atoms with Crippen molar-refractivity contribution in [3.05, 3.63) is 22.3 Å². The van der Waals surface area contributed by atoms with Gasteiger partial charge in [0, 0.05) is 30.9 Å². The fourth-order valence-electron chi connectivity index (χ4n) is 2.36. The molecule has 0 bridgehead atoms. The van der Waals surface area contributed by atoms with Gasteiger partial charge in [0.25, 0.3) is 5.91 Å². The summed E-state index contributed by atoms with van der Waals surface area (Å²) in [6, 6.07) is 1.79. The quantitative estimate of drug-likeness (QED) is 0.789. The lowest BCUT2D eigenvalue weighted by atomic mass is 9.80. The van der Waals surface area contributed by atoms with Gasteiger partial charge in [-0.3, -0.25) is 4.79 Å². The summed E-state index contributed by atoms with van der Waals surface area (Å²) in [5.41, 5.74) is 0.384. The largest absolute Gasteiger partial charge is 0.376 e. The van der Waals surface area contributed by atoms with Gasteiger partial charge in [-0.2, -0.15) is 0 Å². The average Bonchev–Trinajstić information content (AvgIpc) is 2.45. The number of carbonyl (C=O) groups excluding carboxylic acids is 1. The van der Waals surface area contributed by atoms with Crippen LogP contribution in [0.1, 0.15) is 43.0 Å². The molecule has 1 amide bonds. The fraction of sp³-hybridized carbons (Fsp3) is 0.600. The fourth-order valence-corrected chi connectivity index (χ4v) is 2.69. The maximum atomic E-state index is 12.4. The molecule has 2 N–H and O–H groups in total. The van der Waals surface area contributed by atoms with Crippen molar-refractivity contribution in [2.24, 2.45) is 0 Å². The molecule has 1 heterocycles. The lowest BCUT2D eigenvalue weighted by Crippen LogP contribution is -2.49. The van der Waals surface area contributed by atoms with Crippen LogP contribution >= 0.6 is 15.9 Å². The first-order valence-electron chi connectivity index (χ1n) is 7.33. The van der Waals surface area contributed by atoms with E-state index < -0.39 is 0 Å². The van der Waals surface area contributed by atoms with Gasteiger partial charge in [0.15, 0.2) is 0 Å². The Morgan fingerprint density at radius 3 is 2.86 bits per heavy atom. The normalized spacial score (nSPS) is 16.1. The third kappa shape index (κ3) is 3.95. The topological polar surface area (TPSA) is 63.2 Å². The van der Waals surface area contributed by atoms with Crippen molar-refractivity contribution < 1.29 is 9.53 Å². The van der Waals surface area contributed by atoms with Gasteiger partial charge >= 0.3 is 0 Å². The molecule has 1 aliphatic rings. The molecule has 1 aliphatic carbocycles. The van der Waals surface area contributed by atoms with E-state index >= 15 is 0 Å². The lowest BCUT2D eigenvalue weighted by Gasteiger charge is -2.40. The molecule has 6 heteroatoms. The first kappa shape index (κ1) is 16.2. The first-order chi connectivity index (χ1) is 10.1. The van der Waals surface area contributed by atoms with Crippen LogP contribution in [-0.4, -0.2) is 36.7 Å². The lowest BCUT2D eigenvalue weighted by molar-refractivity contribution is -0.0679. The minimum absolute atomic E-state index is 0.120. The third-order valence-electron chi connectivity index (χ3n) is 3.91. The van der Waals surface area contributed by atoms with E-state index in [1.807, 2.05) is 0 Å². The number of nitrogens with one attached hydrogen (secondary N) is 2. The number of nitrogens with zero attached hydrogens (tertiary/aromatic N) is 1. The Morgan fingerprint density at radius 2 is 2.29 bits per heavy atom. The monoisotopic (exact) mass is 355 g/mol. The third-order valence-corrected chi connectivity index (χ3v) is 4.34. The van der Waals surface area contributed by atoms with Crippen molar-refractivity contribution >= 4 is 27.7 Å². The van der Waals surface area contributed by atoms with E-state index in [1.165, 1.54) is 0 Å².